The number of non-ortho nitro benzene ring substituents is 1. The summed E-state index contributed by atoms with van der Waals surface area (Å²) in [6, 6.07) is 7.25. The Morgan fingerprint density at radius 2 is 2.07 bits per heavy atom. The van der Waals surface area contributed by atoms with Crippen molar-refractivity contribution in [1.29, 1.82) is 0 Å². The Morgan fingerprint density at radius 1 is 1.30 bits per heavy atom. The van der Waals surface area contributed by atoms with E-state index in [1.807, 2.05) is 0 Å². The number of nitro groups is 1. The van der Waals surface area contributed by atoms with Crippen LogP contribution in [0.3, 0.4) is 0 Å². The van der Waals surface area contributed by atoms with E-state index in [0.29, 0.717) is 16.6 Å². The van der Waals surface area contributed by atoms with Crippen LogP contribution in [0.1, 0.15) is 11.3 Å². The molecule has 9 heteroatoms. The maximum Gasteiger partial charge on any atom is 0.330 e. The van der Waals surface area contributed by atoms with Crippen LogP contribution in [0.25, 0.3) is 17.0 Å². The zero-order chi connectivity index (χ0) is 19.6. The summed E-state index contributed by atoms with van der Waals surface area (Å²) in [6.07, 6.45) is 2.56. The molecule has 0 aliphatic carbocycles. The van der Waals surface area contributed by atoms with Crippen LogP contribution in [0.5, 0.6) is 0 Å². The minimum absolute atomic E-state index is 0.0736. The van der Waals surface area contributed by atoms with Crippen molar-refractivity contribution in [3.8, 4) is 0 Å². The quantitative estimate of drug-likeness (QED) is 0.296. The van der Waals surface area contributed by atoms with Crippen molar-refractivity contribution in [3.63, 3.8) is 0 Å². The zero-order valence-electron chi connectivity index (χ0n) is 14.1. The SMILES string of the molecule is COC(=O)C=Cc1nn(Cc2ccc(F)cc2F)c2cc([N+](=O)[O-])ccc12. The smallest absolute Gasteiger partial charge is 0.330 e. The van der Waals surface area contributed by atoms with Crippen LogP contribution in [0.2, 0.25) is 0 Å². The van der Waals surface area contributed by atoms with Gasteiger partial charge in [-0.15, -0.1) is 0 Å². The highest BCUT2D eigenvalue weighted by Gasteiger charge is 2.15. The summed E-state index contributed by atoms with van der Waals surface area (Å²) in [5, 5.41) is 15.9. The summed E-state index contributed by atoms with van der Waals surface area (Å²) in [7, 11) is 1.23. The summed E-state index contributed by atoms with van der Waals surface area (Å²) >= 11 is 0. The molecule has 2 aromatic carbocycles. The van der Waals surface area contributed by atoms with E-state index in [-0.39, 0.29) is 17.8 Å². The summed E-state index contributed by atoms with van der Waals surface area (Å²) in [5.74, 6) is -2.06. The lowest BCUT2D eigenvalue weighted by Gasteiger charge is -2.05. The number of nitrogens with zero attached hydrogens (tertiary/aromatic N) is 3. The van der Waals surface area contributed by atoms with Crippen LogP contribution in [-0.4, -0.2) is 27.8 Å². The minimum atomic E-state index is -0.754. The predicted molar refractivity (Wildman–Crippen MR) is 92.9 cm³/mol. The zero-order valence-corrected chi connectivity index (χ0v) is 14.1. The van der Waals surface area contributed by atoms with Gasteiger partial charge in [-0.05, 0) is 18.2 Å². The number of methoxy groups -OCH3 is 1. The Bertz CT molecular complexity index is 1080. The van der Waals surface area contributed by atoms with Crippen molar-refractivity contribution in [2.24, 2.45) is 0 Å². The van der Waals surface area contributed by atoms with Gasteiger partial charge in [0.2, 0.25) is 0 Å². The number of halogens is 2. The highest BCUT2D eigenvalue weighted by Crippen LogP contribution is 2.26. The van der Waals surface area contributed by atoms with E-state index >= 15 is 0 Å². The summed E-state index contributed by atoms with van der Waals surface area (Å²) in [6.45, 7) is -0.0736. The fourth-order valence-corrected chi connectivity index (χ4v) is 2.57. The Labute approximate surface area is 151 Å². The number of nitro benzene ring substituents is 1. The molecule has 0 N–H and O–H groups in total. The van der Waals surface area contributed by atoms with E-state index in [2.05, 4.69) is 9.84 Å². The molecule has 0 spiro atoms. The first kappa shape index (κ1) is 18.2. The van der Waals surface area contributed by atoms with Gasteiger partial charge in [0, 0.05) is 35.2 Å². The van der Waals surface area contributed by atoms with Gasteiger partial charge in [-0.3, -0.25) is 14.8 Å². The van der Waals surface area contributed by atoms with Gasteiger partial charge in [-0.2, -0.15) is 5.10 Å². The van der Waals surface area contributed by atoms with E-state index in [4.69, 9.17) is 0 Å². The molecule has 0 radical (unpaired) electrons. The number of hydrogen-bond donors (Lipinski definition) is 0. The Hall–Kier alpha value is -3.62. The number of benzene rings is 2. The molecule has 0 atom stereocenters. The first-order valence-corrected chi connectivity index (χ1v) is 7.74. The van der Waals surface area contributed by atoms with Gasteiger partial charge < -0.3 is 4.74 Å². The van der Waals surface area contributed by atoms with Crippen LogP contribution in [0, 0.1) is 21.7 Å². The number of ether oxygens (including phenoxy) is 1. The van der Waals surface area contributed by atoms with Crippen molar-refractivity contribution in [2.75, 3.05) is 7.11 Å². The topological polar surface area (TPSA) is 87.3 Å². The predicted octanol–water partition coefficient (Wildman–Crippen LogP) is 3.46. The summed E-state index contributed by atoms with van der Waals surface area (Å²) < 4.78 is 33.0. The van der Waals surface area contributed by atoms with Crippen LogP contribution < -0.4 is 0 Å². The number of esters is 1. The molecule has 0 saturated heterocycles. The Morgan fingerprint density at radius 3 is 2.74 bits per heavy atom. The molecule has 1 aromatic heterocycles. The number of rotatable bonds is 5. The second-order valence-electron chi connectivity index (χ2n) is 5.59. The third-order valence-corrected chi connectivity index (χ3v) is 3.89. The first-order chi connectivity index (χ1) is 12.9. The molecule has 0 aliphatic heterocycles. The van der Waals surface area contributed by atoms with Gasteiger partial charge in [0.25, 0.3) is 5.69 Å². The van der Waals surface area contributed by atoms with Crippen molar-refractivity contribution in [2.45, 2.75) is 6.54 Å². The average Bonchev–Trinajstić information content (AvgIpc) is 2.99. The summed E-state index contributed by atoms with van der Waals surface area (Å²) in [4.78, 5) is 21.8. The highest BCUT2D eigenvalue weighted by molar-refractivity contribution is 5.93. The molecule has 0 aliphatic rings. The summed E-state index contributed by atoms with van der Waals surface area (Å²) in [5.41, 5.74) is 0.729. The number of carbonyl (C=O) groups is 1. The lowest BCUT2D eigenvalue weighted by atomic mass is 10.1. The van der Waals surface area contributed by atoms with Gasteiger partial charge in [0.1, 0.15) is 11.6 Å². The number of aromatic nitrogens is 2. The maximum absolute atomic E-state index is 14.0. The van der Waals surface area contributed by atoms with Crippen molar-refractivity contribution in [1.82, 2.24) is 9.78 Å². The molecule has 1 heterocycles. The normalized spacial score (nSPS) is 11.2. The van der Waals surface area contributed by atoms with E-state index in [9.17, 15) is 23.7 Å². The fourth-order valence-electron chi connectivity index (χ4n) is 2.57. The van der Waals surface area contributed by atoms with Crippen LogP contribution in [0.4, 0.5) is 14.5 Å². The first-order valence-electron chi connectivity index (χ1n) is 7.74. The van der Waals surface area contributed by atoms with E-state index in [1.165, 1.54) is 42.1 Å². The largest absolute Gasteiger partial charge is 0.466 e. The molecule has 0 unspecified atom stereocenters. The molecule has 0 fully saturated rings. The molecule has 7 nitrogen and oxygen atoms in total. The standard InChI is InChI=1S/C18H13F2N3O4/c1-27-18(24)7-6-16-14-5-4-13(23(25)26)9-17(14)22(21-16)10-11-2-3-12(19)8-15(11)20/h2-9H,10H2,1H3. The van der Waals surface area contributed by atoms with E-state index < -0.39 is 22.5 Å². The maximum atomic E-state index is 14.0. The molecule has 0 amide bonds. The van der Waals surface area contributed by atoms with Crippen LogP contribution >= 0.6 is 0 Å². The van der Waals surface area contributed by atoms with Crippen molar-refractivity contribution < 1.29 is 23.2 Å². The molecule has 0 saturated carbocycles. The molecular formula is C18H13F2N3O4. The molecular weight excluding hydrogens is 360 g/mol. The Kier molecular flexibility index (Phi) is 4.93. The molecule has 3 aromatic rings. The monoisotopic (exact) mass is 373 g/mol. The van der Waals surface area contributed by atoms with Gasteiger partial charge in [-0.1, -0.05) is 6.07 Å². The third kappa shape index (κ3) is 3.81. The lowest BCUT2D eigenvalue weighted by molar-refractivity contribution is -0.384. The van der Waals surface area contributed by atoms with Crippen LogP contribution in [0.15, 0.2) is 42.5 Å². The average molecular weight is 373 g/mol. The number of fused-ring (bicyclic) bond motifs is 1. The molecule has 0 bridgehead atoms. The third-order valence-electron chi connectivity index (χ3n) is 3.89. The molecule has 27 heavy (non-hydrogen) atoms. The van der Waals surface area contributed by atoms with Crippen molar-refractivity contribution >= 4 is 28.6 Å². The van der Waals surface area contributed by atoms with E-state index in [1.54, 1.807) is 0 Å². The van der Waals surface area contributed by atoms with Gasteiger partial charge in [-0.25, -0.2) is 13.6 Å². The number of hydrogen-bond acceptors (Lipinski definition) is 5. The van der Waals surface area contributed by atoms with Crippen molar-refractivity contribution in [3.05, 3.63) is 75.5 Å². The second kappa shape index (κ2) is 7.32. The fraction of sp³-hybridized carbons (Fsp3) is 0.111. The van der Waals surface area contributed by atoms with Gasteiger partial charge in [0.15, 0.2) is 0 Å². The van der Waals surface area contributed by atoms with Gasteiger partial charge in [0.05, 0.1) is 29.8 Å². The minimum Gasteiger partial charge on any atom is -0.466 e. The van der Waals surface area contributed by atoms with Crippen LogP contribution in [-0.2, 0) is 16.1 Å². The Balaban J connectivity index is 2.11. The molecule has 138 valence electrons. The van der Waals surface area contributed by atoms with E-state index in [0.717, 1.165) is 18.2 Å². The lowest BCUT2D eigenvalue weighted by Crippen LogP contribution is -2.04. The van der Waals surface area contributed by atoms with Gasteiger partial charge >= 0.3 is 5.97 Å². The highest BCUT2D eigenvalue weighted by atomic mass is 19.1. The second-order valence-corrected chi connectivity index (χ2v) is 5.59. The number of carbonyl (C=O) groups excluding carboxylic acids is 1. The molecule has 3 rings (SSSR count).